The lowest BCUT2D eigenvalue weighted by Gasteiger charge is -2.29. The Morgan fingerprint density at radius 2 is 1.77 bits per heavy atom. The number of hydrogen-bond acceptors (Lipinski definition) is 3. The molecule has 1 fully saturated rings. The van der Waals surface area contributed by atoms with Crippen molar-refractivity contribution >= 4 is 28.9 Å². The smallest absolute Gasteiger partial charge is 0.226 e. The summed E-state index contributed by atoms with van der Waals surface area (Å²) in [6.07, 6.45) is 4.17. The Balaban J connectivity index is 1.44. The largest absolute Gasteiger partial charge is 0.352 e. The van der Waals surface area contributed by atoms with Crippen molar-refractivity contribution in [3.8, 4) is 5.69 Å². The molecule has 35 heavy (non-hydrogen) atoms. The second-order valence-electron chi connectivity index (χ2n) is 8.57. The Morgan fingerprint density at radius 3 is 2.54 bits per heavy atom. The van der Waals surface area contributed by atoms with Crippen molar-refractivity contribution in [2.24, 2.45) is 0 Å². The Kier molecular flexibility index (Phi) is 6.59. The van der Waals surface area contributed by atoms with E-state index in [4.69, 9.17) is 12.2 Å². The van der Waals surface area contributed by atoms with Crippen LogP contribution in [0.3, 0.4) is 0 Å². The fourth-order valence-corrected chi connectivity index (χ4v) is 4.91. The standard InChI is InChI=1S/C28H27N5OS/c1-20-10-5-6-13-22(20)30-25(34)16-19-33-27(26(31-28(33)35)23-14-7-8-17-29-23)24-15-9-18-32(24)21-11-3-2-4-12-21/h2-15,17-18,26-27H,16,19H2,1H3,(H,30,34)(H,31,35)/t26-,27+/m0/s1. The van der Waals surface area contributed by atoms with Crippen molar-refractivity contribution in [3.63, 3.8) is 0 Å². The number of benzene rings is 2. The molecule has 1 aliphatic heterocycles. The minimum atomic E-state index is -0.138. The van der Waals surface area contributed by atoms with Crippen molar-refractivity contribution in [2.75, 3.05) is 11.9 Å². The first-order valence-electron chi connectivity index (χ1n) is 11.7. The minimum Gasteiger partial charge on any atom is -0.352 e. The number of nitrogens with zero attached hydrogens (tertiary/aromatic N) is 3. The highest BCUT2D eigenvalue weighted by molar-refractivity contribution is 7.80. The van der Waals surface area contributed by atoms with Gasteiger partial charge in [-0.2, -0.15) is 0 Å². The van der Waals surface area contributed by atoms with Crippen LogP contribution in [0.1, 0.15) is 35.5 Å². The number of aryl methyl sites for hydroxylation is 1. The number of para-hydroxylation sites is 2. The molecule has 1 aliphatic rings. The molecule has 1 amide bonds. The van der Waals surface area contributed by atoms with Gasteiger partial charge in [-0.25, -0.2) is 0 Å². The van der Waals surface area contributed by atoms with Crippen LogP contribution >= 0.6 is 12.2 Å². The van der Waals surface area contributed by atoms with E-state index < -0.39 is 0 Å². The Morgan fingerprint density at radius 1 is 1.00 bits per heavy atom. The van der Waals surface area contributed by atoms with Gasteiger partial charge in [-0.1, -0.05) is 42.5 Å². The first kappa shape index (κ1) is 22.8. The normalized spacial score (nSPS) is 17.3. The summed E-state index contributed by atoms with van der Waals surface area (Å²) in [5, 5.41) is 7.12. The maximum Gasteiger partial charge on any atom is 0.226 e. The minimum absolute atomic E-state index is 0.0411. The third kappa shape index (κ3) is 4.81. The molecule has 0 saturated carbocycles. The predicted octanol–water partition coefficient (Wildman–Crippen LogP) is 5.18. The van der Waals surface area contributed by atoms with Crippen molar-refractivity contribution in [1.29, 1.82) is 0 Å². The van der Waals surface area contributed by atoms with Crippen LogP contribution in [0.15, 0.2) is 97.3 Å². The number of thiocarbonyl (C=S) groups is 1. The summed E-state index contributed by atoms with van der Waals surface area (Å²) in [5.41, 5.74) is 4.93. The van der Waals surface area contributed by atoms with Gasteiger partial charge in [0, 0.05) is 42.4 Å². The molecule has 3 heterocycles. The summed E-state index contributed by atoms with van der Waals surface area (Å²) in [5.74, 6) is -0.0411. The van der Waals surface area contributed by atoms with Gasteiger partial charge in [-0.05, 0) is 67.2 Å². The van der Waals surface area contributed by atoms with Gasteiger partial charge in [0.05, 0.1) is 17.8 Å². The number of amides is 1. The summed E-state index contributed by atoms with van der Waals surface area (Å²) < 4.78 is 2.18. The highest BCUT2D eigenvalue weighted by Gasteiger charge is 2.41. The van der Waals surface area contributed by atoms with Crippen LogP contribution in [0.2, 0.25) is 0 Å². The first-order valence-corrected chi connectivity index (χ1v) is 12.1. The number of aromatic nitrogens is 2. The van der Waals surface area contributed by atoms with E-state index in [1.54, 1.807) is 6.20 Å². The van der Waals surface area contributed by atoms with Crippen LogP contribution in [0.5, 0.6) is 0 Å². The highest BCUT2D eigenvalue weighted by Crippen LogP contribution is 2.39. The third-order valence-electron chi connectivity index (χ3n) is 6.31. The van der Waals surface area contributed by atoms with Crippen molar-refractivity contribution in [1.82, 2.24) is 19.8 Å². The number of pyridine rings is 1. The summed E-state index contributed by atoms with van der Waals surface area (Å²) in [4.78, 5) is 19.6. The fraction of sp³-hybridized carbons (Fsp3) is 0.179. The molecule has 0 aliphatic carbocycles. The molecule has 0 bridgehead atoms. The lowest BCUT2D eigenvalue weighted by molar-refractivity contribution is -0.116. The Labute approximate surface area is 210 Å². The molecule has 4 aromatic rings. The molecule has 5 rings (SSSR count). The van der Waals surface area contributed by atoms with Crippen LogP contribution in [0.4, 0.5) is 5.69 Å². The van der Waals surface area contributed by atoms with E-state index in [1.165, 1.54) is 0 Å². The van der Waals surface area contributed by atoms with Gasteiger partial charge >= 0.3 is 0 Å². The molecule has 0 spiro atoms. The average Bonchev–Trinajstić information content (AvgIpc) is 3.49. The van der Waals surface area contributed by atoms with E-state index >= 15 is 0 Å². The topological polar surface area (TPSA) is 62.2 Å². The van der Waals surface area contributed by atoms with Gasteiger partial charge in [0.15, 0.2) is 5.11 Å². The second-order valence-corrected chi connectivity index (χ2v) is 8.96. The van der Waals surface area contributed by atoms with Gasteiger partial charge < -0.3 is 20.1 Å². The van der Waals surface area contributed by atoms with Crippen LogP contribution in [0.25, 0.3) is 5.69 Å². The van der Waals surface area contributed by atoms with Crippen LogP contribution in [0, 0.1) is 6.92 Å². The van der Waals surface area contributed by atoms with Crippen LogP contribution in [-0.2, 0) is 4.79 Å². The van der Waals surface area contributed by atoms with Crippen molar-refractivity contribution < 1.29 is 4.79 Å². The lowest BCUT2D eigenvalue weighted by Crippen LogP contribution is -2.33. The molecule has 2 atom stereocenters. The van der Waals surface area contributed by atoms with E-state index in [2.05, 4.69) is 49.5 Å². The van der Waals surface area contributed by atoms with Crippen LogP contribution < -0.4 is 10.6 Å². The zero-order valence-corrected chi connectivity index (χ0v) is 20.3. The van der Waals surface area contributed by atoms with Crippen LogP contribution in [-0.4, -0.2) is 32.0 Å². The highest BCUT2D eigenvalue weighted by atomic mass is 32.1. The zero-order valence-electron chi connectivity index (χ0n) is 19.5. The predicted molar refractivity (Wildman–Crippen MR) is 142 cm³/mol. The number of nitrogens with one attached hydrogen (secondary N) is 2. The van der Waals surface area contributed by atoms with Crippen molar-refractivity contribution in [2.45, 2.75) is 25.4 Å². The van der Waals surface area contributed by atoms with E-state index in [-0.39, 0.29) is 18.0 Å². The van der Waals surface area contributed by atoms with Gasteiger partial charge in [-0.3, -0.25) is 9.78 Å². The molecule has 2 aromatic heterocycles. The van der Waals surface area contributed by atoms with E-state index in [1.807, 2.05) is 73.7 Å². The fourth-order valence-electron chi connectivity index (χ4n) is 4.57. The number of hydrogen-bond donors (Lipinski definition) is 2. The van der Waals surface area contributed by atoms with Gasteiger partial charge in [0.1, 0.15) is 0 Å². The molecule has 2 aromatic carbocycles. The molecular weight excluding hydrogens is 454 g/mol. The molecule has 7 heteroatoms. The number of carbonyl (C=O) groups is 1. The molecule has 176 valence electrons. The SMILES string of the molecule is Cc1ccccc1NC(=O)CCN1C(=S)N[C@@H](c2ccccn2)[C@H]1c1cccn1-c1ccccc1. The summed E-state index contributed by atoms with van der Waals surface area (Å²) in [7, 11) is 0. The monoisotopic (exact) mass is 481 g/mol. The van der Waals surface area contributed by atoms with E-state index in [0.29, 0.717) is 18.1 Å². The van der Waals surface area contributed by atoms with Gasteiger partial charge in [0.2, 0.25) is 5.91 Å². The zero-order chi connectivity index (χ0) is 24.2. The van der Waals surface area contributed by atoms with E-state index in [9.17, 15) is 4.79 Å². The quantitative estimate of drug-likeness (QED) is 0.356. The molecule has 2 N–H and O–H groups in total. The maximum atomic E-state index is 12.8. The maximum absolute atomic E-state index is 12.8. The van der Waals surface area contributed by atoms with Gasteiger partial charge in [-0.15, -0.1) is 0 Å². The number of rotatable bonds is 7. The number of carbonyl (C=O) groups excluding carboxylic acids is 1. The molecule has 6 nitrogen and oxygen atoms in total. The summed E-state index contributed by atoms with van der Waals surface area (Å²) in [6, 6.07) is 27.8. The van der Waals surface area contributed by atoms with Crippen molar-refractivity contribution in [3.05, 3.63) is 114 Å². The lowest BCUT2D eigenvalue weighted by atomic mass is 10.0. The third-order valence-corrected chi connectivity index (χ3v) is 6.67. The average molecular weight is 482 g/mol. The second kappa shape index (κ2) is 10.1. The molecule has 0 unspecified atom stereocenters. The molecular formula is C28H27N5OS. The summed E-state index contributed by atoms with van der Waals surface area (Å²) >= 11 is 5.78. The Hall–Kier alpha value is -3.97. The Bertz CT molecular complexity index is 1320. The number of anilines is 1. The molecule has 0 radical (unpaired) electrons. The van der Waals surface area contributed by atoms with E-state index in [0.717, 1.165) is 28.3 Å². The van der Waals surface area contributed by atoms with Gasteiger partial charge in [0.25, 0.3) is 0 Å². The first-order chi connectivity index (χ1) is 17.1. The summed E-state index contributed by atoms with van der Waals surface area (Å²) in [6.45, 7) is 2.47. The molecule has 1 saturated heterocycles.